The summed E-state index contributed by atoms with van der Waals surface area (Å²) in [6.07, 6.45) is 3.73. The van der Waals surface area contributed by atoms with Crippen molar-refractivity contribution in [1.82, 2.24) is 5.32 Å². The SMILES string of the molecule is COCCNCC1(Cc2ccccc2OC)CC1. The summed E-state index contributed by atoms with van der Waals surface area (Å²) in [4.78, 5) is 0. The van der Waals surface area contributed by atoms with Crippen LogP contribution in [0.1, 0.15) is 18.4 Å². The third-order valence-corrected chi connectivity index (χ3v) is 3.70. The fourth-order valence-electron chi connectivity index (χ4n) is 2.37. The minimum atomic E-state index is 0.447. The number of methoxy groups -OCH3 is 2. The van der Waals surface area contributed by atoms with E-state index in [0.717, 1.165) is 31.9 Å². The van der Waals surface area contributed by atoms with Crippen LogP contribution in [0.2, 0.25) is 0 Å². The zero-order valence-electron chi connectivity index (χ0n) is 11.4. The molecule has 100 valence electrons. The Labute approximate surface area is 109 Å². The van der Waals surface area contributed by atoms with Gasteiger partial charge < -0.3 is 14.8 Å². The summed E-state index contributed by atoms with van der Waals surface area (Å²) in [5.41, 5.74) is 1.77. The zero-order valence-corrected chi connectivity index (χ0v) is 11.4. The number of hydrogen-bond acceptors (Lipinski definition) is 3. The monoisotopic (exact) mass is 249 g/mol. The molecule has 1 fully saturated rings. The van der Waals surface area contributed by atoms with Gasteiger partial charge in [0.25, 0.3) is 0 Å². The smallest absolute Gasteiger partial charge is 0.122 e. The van der Waals surface area contributed by atoms with E-state index in [4.69, 9.17) is 9.47 Å². The van der Waals surface area contributed by atoms with Gasteiger partial charge in [0.2, 0.25) is 0 Å². The van der Waals surface area contributed by atoms with Crippen LogP contribution in [0.4, 0.5) is 0 Å². The first kappa shape index (κ1) is 13.4. The minimum Gasteiger partial charge on any atom is -0.496 e. The van der Waals surface area contributed by atoms with Crippen molar-refractivity contribution in [2.75, 3.05) is 33.9 Å². The summed E-state index contributed by atoms with van der Waals surface area (Å²) < 4.78 is 10.5. The Morgan fingerprint density at radius 3 is 2.67 bits per heavy atom. The van der Waals surface area contributed by atoms with Gasteiger partial charge in [0, 0.05) is 20.2 Å². The van der Waals surface area contributed by atoms with Crippen LogP contribution in [0, 0.1) is 5.41 Å². The van der Waals surface area contributed by atoms with E-state index in [0.29, 0.717) is 5.41 Å². The van der Waals surface area contributed by atoms with Crippen LogP contribution in [0.5, 0.6) is 5.75 Å². The highest BCUT2D eigenvalue weighted by Crippen LogP contribution is 2.48. The first-order valence-electron chi connectivity index (χ1n) is 6.61. The average Bonchev–Trinajstić information content (AvgIpc) is 3.16. The molecule has 18 heavy (non-hydrogen) atoms. The van der Waals surface area contributed by atoms with Crippen molar-refractivity contribution in [3.63, 3.8) is 0 Å². The Balaban J connectivity index is 1.88. The van der Waals surface area contributed by atoms with Crippen LogP contribution in [-0.4, -0.2) is 33.9 Å². The van der Waals surface area contributed by atoms with Crippen molar-refractivity contribution in [3.05, 3.63) is 29.8 Å². The van der Waals surface area contributed by atoms with Crippen molar-refractivity contribution in [2.24, 2.45) is 5.41 Å². The van der Waals surface area contributed by atoms with E-state index in [1.54, 1.807) is 14.2 Å². The molecule has 0 aromatic heterocycles. The van der Waals surface area contributed by atoms with Crippen molar-refractivity contribution < 1.29 is 9.47 Å². The predicted molar refractivity (Wildman–Crippen MR) is 73.1 cm³/mol. The Kier molecular flexibility index (Phi) is 4.61. The third kappa shape index (κ3) is 3.47. The van der Waals surface area contributed by atoms with E-state index in [1.807, 2.05) is 12.1 Å². The topological polar surface area (TPSA) is 30.5 Å². The molecule has 0 unspecified atom stereocenters. The number of hydrogen-bond donors (Lipinski definition) is 1. The van der Waals surface area contributed by atoms with Gasteiger partial charge in [-0.2, -0.15) is 0 Å². The molecule has 0 amide bonds. The van der Waals surface area contributed by atoms with Gasteiger partial charge in [-0.25, -0.2) is 0 Å². The molecule has 1 N–H and O–H groups in total. The maximum absolute atomic E-state index is 5.42. The Morgan fingerprint density at radius 1 is 1.22 bits per heavy atom. The first-order chi connectivity index (χ1) is 8.79. The molecule has 0 bridgehead atoms. The van der Waals surface area contributed by atoms with Crippen molar-refractivity contribution >= 4 is 0 Å². The fraction of sp³-hybridized carbons (Fsp3) is 0.600. The maximum Gasteiger partial charge on any atom is 0.122 e. The highest BCUT2D eigenvalue weighted by molar-refractivity contribution is 5.34. The van der Waals surface area contributed by atoms with E-state index in [-0.39, 0.29) is 0 Å². The zero-order chi connectivity index (χ0) is 12.8. The van der Waals surface area contributed by atoms with E-state index >= 15 is 0 Å². The molecule has 0 radical (unpaired) electrons. The molecule has 0 heterocycles. The van der Waals surface area contributed by atoms with Crippen molar-refractivity contribution in [1.29, 1.82) is 0 Å². The lowest BCUT2D eigenvalue weighted by atomic mass is 9.96. The molecule has 0 aliphatic heterocycles. The molecule has 0 spiro atoms. The van der Waals surface area contributed by atoms with Gasteiger partial charge >= 0.3 is 0 Å². The standard InChI is InChI=1S/C15H23NO2/c1-17-10-9-16-12-15(7-8-15)11-13-5-3-4-6-14(13)18-2/h3-6,16H,7-12H2,1-2H3. The minimum absolute atomic E-state index is 0.447. The molecule has 1 aliphatic rings. The lowest BCUT2D eigenvalue weighted by molar-refractivity contribution is 0.197. The number of nitrogens with one attached hydrogen (secondary N) is 1. The van der Waals surface area contributed by atoms with Gasteiger partial charge in [-0.1, -0.05) is 18.2 Å². The molecule has 3 nitrogen and oxygen atoms in total. The lowest BCUT2D eigenvalue weighted by Crippen LogP contribution is -2.28. The number of para-hydroxylation sites is 1. The Morgan fingerprint density at radius 2 is 2.00 bits per heavy atom. The molecule has 2 rings (SSSR count). The van der Waals surface area contributed by atoms with Crippen LogP contribution in [0.3, 0.4) is 0 Å². The molecule has 3 heteroatoms. The number of benzene rings is 1. The van der Waals surface area contributed by atoms with Crippen LogP contribution < -0.4 is 10.1 Å². The second-order valence-corrected chi connectivity index (χ2v) is 5.16. The highest BCUT2D eigenvalue weighted by Gasteiger charge is 2.42. The van der Waals surface area contributed by atoms with Gasteiger partial charge in [-0.15, -0.1) is 0 Å². The van der Waals surface area contributed by atoms with Crippen molar-refractivity contribution in [2.45, 2.75) is 19.3 Å². The third-order valence-electron chi connectivity index (χ3n) is 3.70. The predicted octanol–water partition coefficient (Wildman–Crippen LogP) is 2.25. The second kappa shape index (κ2) is 6.21. The quantitative estimate of drug-likeness (QED) is 0.717. The van der Waals surface area contributed by atoms with E-state index < -0.39 is 0 Å². The lowest BCUT2D eigenvalue weighted by Gasteiger charge is -2.17. The number of rotatable bonds is 8. The maximum atomic E-state index is 5.42. The van der Waals surface area contributed by atoms with E-state index in [1.165, 1.54) is 18.4 Å². The molecule has 1 aromatic rings. The normalized spacial score (nSPS) is 16.6. The Hall–Kier alpha value is -1.06. The molecule has 1 aliphatic carbocycles. The summed E-state index contributed by atoms with van der Waals surface area (Å²) >= 11 is 0. The van der Waals surface area contributed by atoms with Gasteiger partial charge in [-0.3, -0.25) is 0 Å². The molecular weight excluding hydrogens is 226 g/mol. The Bertz CT molecular complexity index is 375. The fourth-order valence-corrected chi connectivity index (χ4v) is 2.37. The number of ether oxygens (including phenoxy) is 2. The molecular formula is C15H23NO2. The van der Waals surface area contributed by atoms with Crippen LogP contribution >= 0.6 is 0 Å². The van der Waals surface area contributed by atoms with Crippen LogP contribution in [0.25, 0.3) is 0 Å². The molecule has 0 saturated heterocycles. The van der Waals surface area contributed by atoms with Crippen LogP contribution in [0.15, 0.2) is 24.3 Å². The summed E-state index contributed by atoms with van der Waals surface area (Å²) in [5, 5.41) is 3.48. The highest BCUT2D eigenvalue weighted by atomic mass is 16.5. The summed E-state index contributed by atoms with van der Waals surface area (Å²) in [6.45, 7) is 2.79. The van der Waals surface area contributed by atoms with Gasteiger partial charge in [0.1, 0.15) is 5.75 Å². The summed E-state index contributed by atoms with van der Waals surface area (Å²) in [5.74, 6) is 1.01. The van der Waals surface area contributed by atoms with E-state index in [9.17, 15) is 0 Å². The molecule has 1 saturated carbocycles. The van der Waals surface area contributed by atoms with Crippen LogP contribution in [-0.2, 0) is 11.2 Å². The van der Waals surface area contributed by atoms with E-state index in [2.05, 4.69) is 17.4 Å². The molecule has 1 aromatic carbocycles. The van der Waals surface area contributed by atoms with Gasteiger partial charge in [-0.05, 0) is 36.3 Å². The first-order valence-corrected chi connectivity index (χ1v) is 6.61. The van der Waals surface area contributed by atoms with Gasteiger partial charge in [0.15, 0.2) is 0 Å². The van der Waals surface area contributed by atoms with Crippen molar-refractivity contribution in [3.8, 4) is 5.75 Å². The molecule has 0 atom stereocenters. The summed E-state index contributed by atoms with van der Waals surface area (Å²) in [7, 11) is 3.48. The average molecular weight is 249 g/mol. The van der Waals surface area contributed by atoms with Gasteiger partial charge in [0.05, 0.1) is 13.7 Å². The largest absolute Gasteiger partial charge is 0.496 e. The summed E-state index contributed by atoms with van der Waals surface area (Å²) in [6, 6.07) is 8.34. The second-order valence-electron chi connectivity index (χ2n) is 5.16.